The van der Waals surface area contributed by atoms with Crippen LogP contribution < -0.4 is 10.2 Å². The first kappa shape index (κ1) is 17.3. The molecule has 1 saturated carbocycles. The first-order valence-corrected chi connectivity index (χ1v) is 10.1. The van der Waals surface area contributed by atoms with Crippen molar-refractivity contribution in [3.63, 3.8) is 0 Å². The fraction of sp³-hybridized carbons (Fsp3) is 0.579. The number of fused-ring (bicyclic) bond motifs is 1. The molecule has 1 fully saturated rings. The monoisotopic (exact) mass is 346 g/mol. The second kappa shape index (κ2) is 8.06. The van der Waals surface area contributed by atoms with E-state index >= 15 is 0 Å². The Labute approximate surface area is 148 Å². The third-order valence-corrected chi connectivity index (χ3v) is 5.97. The van der Waals surface area contributed by atoms with Crippen molar-refractivity contribution in [3.05, 3.63) is 23.8 Å². The van der Waals surface area contributed by atoms with Crippen molar-refractivity contribution in [1.29, 1.82) is 0 Å². The second-order valence-electron chi connectivity index (χ2n) is 6.62. The van der Waals surface area contributed by atoms with E-state index in [9.17, 15) is 9.59 Å². The van der Waals surface area contributed by atoms with Gasteiger partial charge in [0.1, 0.15) is 0 Å². The number of carbonyl (C=O) groups is 2. The van der Waals surface area contributed by atoms with Crippen LogP contribution in [0.15, 0.2) is 23.1 Å². The third kappa shape index (κ3) is 3.94. The molecule has 1 aliphatic heterocycles. The molecular formula is C19H26N2O2S. The van der Waals surface area contributed by atoms with Crippen LogP contribution in [0.3, 0.4) is 0 Å². The fourth-order valence-electron chi connectivity index (χ4n) is 3.56. The molecular weight excluding hydrogens is 320 g/mol. The van der Waals surface area contributed by atoms with Gasteiger partial charge in [0.2, 0.25) is 5.91 Å². The van der Waals surface area contributed by atoms with Crippen molar-refractivity contribution < 1.29 is 9.59 Å². The third-order valence-electron chi connectivity index (χ3n) is 4.92. The minimum absolute atomic E-state index is 0.0116. The smallest absolute Gasteiger partial charge is 0.251 e. The fourth-order valence-corrected chi connectivity index (χ4v) is 4.48. The van der Waals surface area contributed by atoms with Crippen molar-refractivity contribution in [2.24, 2.45) is 0 Å². The molecule has 1 N–H and O–H groups in total. The molecule has 0 bridgehead atoms. The Bertz CT molecular complexity index is 609. The van der Waals surface area contributed by atoms with Gasteiger partial charge in [-0.25, -0.2) is 0 Å². The molecule has 0 radical (unpaired) electrons. The van der Waals surface area contributed by atoms with Crippen LogP contribution in [0.1, 0.15) is 62.2 Å². The van der Waals surface area contributed by atoms with Gasteiger partial charge in [-0.1, -0.05) is 32.1 Å². The van der Waals surface area contributed by atoms with Gasteiger partial charge in [0, 0.05) is 23.0 Å². The highest BCUT2D eigenvalue weighted by Gasteiger charge is 2.25. The molecule has 1 aromatic rings. The predicted octanol–water partition coefficient (Wildman–Crippen LogP) is 3.99. The van der Waals surface area contributed by atoms with Crippen LogP contribution in [-0.4, -0.2) is 30.2 Å². The Kier molecular flexibility index (Phi) is 5.82. The highest BCUT2D eigenvalue weighted by atomic mass is 32.2. The highest BCUT2D eigenvalue weighted by Crippen LogP contribution is 2.35. The Morgan fingerprint density at radius 2 is 1.92 bits per heavy atom. The maximum atomic E-state index is 12.7. The number of rotatable bonds is 3. The lowest BCUT2D eigenvalue weighted by Crippen LogP contribution is -2.37. The van der Waals surface area contributed by atoms with E-state index in [0.29, 0.717) is 17.9 Å². The molecule has 2 amide bonds. The maximum absolute atomic E-state index is 12.7. The summed E-state index contributed by atoms with van der Waals surface area (Å²) >= 11 is 1.55. The summed E-state index contributed by atoms with van der Waals surface area (Å²) in [5, 5.41) is 3.20. The number of anilines is 1. The number of amides is 2. The molecule has 130 valence electrons. The quantitative estimate of drug-likeness (QED) is 0.900. The van der Waals surface area contributed by atoms with Crippen molar-refractivity contribution >= 4 is 29.3 Å². The number of thioether (sulfide) groups is 1. The van der Waals surface area contributed by atoms with Crippen LogP contribution in [-0.2, 0) is 4.79 Å². The van der Waals surface area contributed by atoms with Crippen molar-refractivity contribution in [2.75, 3.05) is 17.2 Å². The Balaban J connectivity index is 1.73. The van der Waals surface area contributed by atoms with Crippen molar-refractivity contribution in [1.82, 2.24) is 5.32 Å². The molecule has 4 nitrogen and oxygen atoms in total. The van der Waals surface area contributed by atoms with E-state index in [1.807, 2.05) is 25.1 Å². The predicted molar refractivity (Wildman–Crippen MR) is 98.8 cm³/mol. The number of nitrogens with one attached hydrogen (secondary N) is 1. The molecule has 2 aliphatic rings. The largest absolute Gasteiger partial charge is 0.349 e. The van der Waals surface area contributed by atoms with Crippen LogP contribution in [0.25, 0.3) is 0 Å². The summed E-state index contributed by atoms with van der Waals surface area (Å²) in [6.45, 7) is 2.61. The minimum Gasteiger partial charge on any atom is -0.349 e. The molecule has 1 aliphatic carbocycles. The van der Waals surface area contributed by atoms with Gasteiger partial charge in [0.25, 0.3) is 5.91 Å². The molecule has 0 aromatic heterocycles. The molecule has 5 heteroatoms. The van der Waals surface area contributed by atoms with Gasteiger partial charge in [0.15, 0.2) is 0 Å². The van der Waals surface area contributed by atoms with Crippen molar-refractivity contribution in [2.45, 2.75) is 62.8 Å². The zero-order valence-electron chi connectivity index (χ0n) is 14.3. The van der Waals surface area contributed by atoms with Gasteiger partial charge in [0.05, 0.1) is 11.4 Å². The van der Waals surface area contributed by atoms with Gasteiger partial charge in [-0.2, -0.15) is 0 Å². The van der Waals surface area contributed by atoms with Crippen LogP contribution >= 0.6 is 11.8 Å². The molecule has 3 rings (SSSR count). The average molecular weight is 346 g/mol. The first-order chi connectivity index (χ1) is 11.7. The number of hydrogen-bond acceptors (Lipinski definition) is 3. The van der Waals surface area contributed by atoms with E-state index in [-0.39, 0.29) is 17.9 Å². The lowest BCUT2D eigenvalue weighted by Gasteiger charge is -2.28. The summed E-state index contributed by atoms with van der Waals surface area (Å²) in [6.07, 6.45) is 8.42. The molecule has 0 unspecified atom stereocenters. The Morgan fingerprint density at radius 3 is 2.62 bits per heavy atom. The number of hydrogen-bond donors (Lipinski definition) is 1. The number of carbonyl (C=O) groups excluding carboxylic acids is 2. The van der Waals surface area contributed by atoms with Gasteiger partial charge in [-0.05, 0) is 38.0 Å². The van der Waals surface area contributed by atoms with Gasteiger partial charge in [-0.15, -0.1) is 11.8 Å². The summed E-state index contributed by atoms with van der Waals surface area (Å²) in [5.41, 5.74) is 1.54. The zero-order chi connectivity index (χ0) is 16.9. The summed E-state index contributed by atoms with van der Waals surface area (Å²) in [7, 11) is 0. The summed E-state index contributed by atoms with van der Waals surface area (Å²) in [5.74, 6) is 0.587. The van der Waals surface area contributed by atoms with E-state index in [1.54, 1.807) is 16.7 Å². The molecule has 1 aromatic carbocycles. The van der Waals surface area contributed by atoms with Crippen LogP contribution in [0.4, 0.5) is 5.69 Å². The van der Waals surface area contributed by atoms with Crippen LogP contribution in [0.2, 0.25) is 0 Å². The highest BCUT2D eigenvalue weighted by molar-refractivity contribution is 8.00. The summed E-state index contributed by atoms with van der Waals surface area (Å²) in [4.78, 5) is 27.6. The lowest BCUT2D eigenvalue weighted by atomic mass is 9.96. The average Bonchev–Trinajstić information content (AvgIpc) is 2.56. The topological polar surface area (TPSA) is 49.4 Å². The molecule has 0 saturated heterocycles. The van der Waals surface area contributed by atoms with Crippen LogP contribution in [0, 0.1) is 0 Å². The molecule has 0 spiro atoms. The number of nitrogens with zero attached hydrogens (tertiary/aromatic N) is 1. The summed E-state index contributed by atoms with van der Waals surface area (Å²) in [6, 6.07) is 6.02. The normalized spacial score (nSPS) is 19.4. The van der Waals surface area contributed by atoms with E-state index in [4.69, 9.17) is 0 Å². The number of benzene rings is 1. The molecule has 1 heterocycles. The Morgan fingerprint density at radius 1 is 1.21 bits per heavy atom. The standard InChI is InChI=1S/C19H26N2O2S/c1-2-21-16-12-14(10-11-17(16)24-13-18(21)22)19(23)20-15-8-6-4-3-5-7-9-15/h10-12,15H,2-9,13H2,1H3,(H,20,23). The van der Waals surface area contributed by atoms with E-state index in [0.717, 1.165) is 23.4 Å². The molecule has 24 heavy (non-hydrogen) atoms. The Hall–Kier alpha value is -1.49. The maximum Gasteiger partial charge on any atom is 0.251 e. The zero-order valence-corrected chi connectivity index (χ0v) is 15.2. The lowest BCUT2D eigenvalue weighted by molar-refractivity contribution is -0.116. The van der Waals surface area contributed by atoms with Gasteiger partial charge >= 0.3 is 0 Å². The summed E-state index contributed by atoms with van der Waals surface area (Å²) < 4.78 is 0. The van der Waals surface area contributed by atoms with E-state index in [2.05, 4.69) is 5.32 Å². The van der Waals surface area contributed by atoms with Gasteiger partial charge in [-0.3, -0.25) is 9.59 Å². The first-order valence-electron chi connectivity index (χ1n) is 9.07. The molecule has 0 atom stereocenters. The van der Waals surface area contributed by atoms with E-state index < -0.39 is 0 Å². The van der Waals surface area contributed by atoms with E-state index in [1.165, 1.54) is 32.1 Å². The van der Waals surface area contributed by atoms with Crippen molar-refractivity contribution in [3.8, 4) is 0 Å². The van der Waals surface area contributed by atoms with Gasteiger partial charge < -0.3 is 10.2 Å². The van der Waals surface area contributed by atoms with Crippen LogP contribution in [0.5, 0.6) is 0 Å². The minimum atomic E-state index is -0.0116. The SMILES string of the molecule is CCN1C(=O)CSc2ccc(C(=O)NC3CCCCCCC3)cc21. The second-order valence-corrected chi connectivity index (χ2v) is 7.64.